The van der Waals surface area contributed by atoms with Crippen LogP contribution in [0.15, 0.2) is 56.6 Å². The number of nitrogens with one attached hydrogen (secondary N) is 3. The summed E-state index contributed by atoms with van der Waals surface area (Å²) in [7, 11) is -9.88. The second-order valence-corrected chi connectivity index (χ2v) is 14.9. The van der Waals surface area contributed by atoms with Crippen molar-refractivity contribution in [2.24, 2.45) is 5.16 Å². The maximum absolute atomic E-state index is 13.3. The van der Waals surface area contributed by atoms with Gasteiger partial charge in [-0.05, 0) is 32.0 Å². The first-order valence-corrected chi connectivity index (χ1v) is 17.7. The number of carbonyl (C=O) groups is 4. The molecule has 9 N–H and O–H groups in total. The fourth-order valence-corrected chi connectivity index (χ4v) is 6.78. The van der Waals surface area contributed by atoms with E-state index in [1.54, 1.807) is 0 Å². The molecule has 3 amide bonds. The molecule has 3 aromatic rings. The molecule has 0 radical (unpaired) electrons. The van der Waals surface area contributed by atoms with Crippen LogP contribution in [-0.2, 0) is 46.1 Å². The van der Waals surface area contributed by atoms with Crippen LogP contribution in [0.4, 0.5) is 5.13 Å². The number of sulfonamides is 1. The Morgan fingerprint density at radius 1 is 1.14 bits per heavy atom. The number of nitrogens with zero attached hydrogens (tertiary/aromatic N) is 4. The van der Waals surface area contributed by atoms with Crippen LogP contribution in [0.1, 0.15) is 35.6 Å². The zero-order valence-corrected chi connectivity index (χ0v) is 28.5. The third kappa shape index (κ3) is 8.58. The number of carboxylic acid groups (broad SMARTS) is 1. The molecule has 0 bridgehead atoms. The fourth-order valence-electron chi connectivity index (χ4n) is 4.26. The topological polar surface area (TPSA) is 339 Å². The van der Waals surface area contributed by atoms with E-state index in [0.29, 0.717) is 0 Å². The Bertz CT molecular complexity index is 2220. The molecule has 1 aliphatic rings. The molecule has 4 rings (SSSR count). The van der Waals surface area contributed by atoms with Gasteiger partial charge in [-0.25, -0.2) is 27.2 Å². The summed E-state index contributed by atoms with van der Waals surface area (Å²) in [6, 6.07) is 2.55. The molecule has 22 nitrogen and oxygen atoms in total. The van der Waals surface area contributed by atoms with Crippen molar-refractivity contribution in [1.82, 2.24) is 29.4 Å². The number of hydrogen-bond acceptors (Lipinski definition) is 16. The number of oxime groups is 1. The second kappa shape index (κ2) is 14.3. The number of rotatable bonds is 14. The first-order chi connectivity index (χ1) is 23.6. The molecule has 0 saturated carbocycles. The lowest BCUT2D eigenvalue weighted by Crippen LogP contribution is -2.74. The molecular formula is C26H28N8O14S3. The van der Waals surface area contributed by atoms with Crippen LogP contribution in [0, 0.1) is 0 Å². The van der Waals surface area contributed by atoms with E-state index in [0.717, 1.165) is 49.4 Å². The van der Waals surface area contributed by atoms with Gasteiger partial charge in [-0.2, -0.15) is 13.1 Å². The van der Waals surface area contributed by atoms with Gasteiger partial charge in [0.2, 0.25) is 15.6 Å². The van der Waals surface area contributed by atoms with Gasteiger partial charge >= 0.3 is 16.3 Å². The van der Waals surface area contributed by atoms with E-state index in [1.807, 2.05) is 4.72 Å². The third-order valence-corrected chi connectivity index (χ3v) is 9.99. The van der Waals surface area contributed by atoms with Gasteiger partial charge in [0.05, 0.1) is 23.2 Å². The summed E-state index contributed by atoms with van der Waals surface area (Å²) in [4.78, 5) is 70.2. The van der Waals surface area contributed by atoms with Crippen molar-refractivity contribution in [3.63, 3.8) is 0 Å². The maximum atomic E-state index is 13.3. The van der Waals surface area contributed by atoms with Crippen molar-refractivity contribution < 1.29 is 60.8 Å². The molecule has 1 aromatic carbocycles. The molecule has 1 aliphatic heterocycles. The molecular weight excluding hydrogens is 745 g/mol. The number of aliphatic carboxylic acids is 1. The number of hydrogen-bond donors (Lipinski definition) is 8. The number of nitrogens with two attached hydrogens (primary N) is 1. The van der Waals surface area contributed by atoms with Crippen LogP contribution in [0.5, 0.6) is 5.75 Å². The van der Waals surface area contributed by atoms with Crippen LogP contribution in [0.2, 0.25) is 0 Å². The van der Waals surface area contributed by atoms with Gasteiger partial charge < -0.3 is 36.6 Å². The number of β-lactam (4-membered cyclic amide) rings is 1. The van der Waals surface area contributed by atoms with Crippen LogP contribution in [0.25, 0.3) is 0 Å². The Kier molecular flexibility index (Phi) is 10.7. The molecule has 2 aromatic heterocycles. The maximum Gasteiger partial charge on any atom is 0.362 e. The smallest absolute Gasteiger partial charge is 0.362 e. The lowest BCUT2D eigenvalue weighted by molar-refractivity contribution is -0.161. The Morgan fingerprint density at radius 3 is 2.43 bits per heavy atom. The number of nitrogen functional groups attached to an aromatic ring is 1. The largest absolute Gasteiger partial charge is 0.508 e. The summed E-state index contributed by atoms with van der Waals surface area (Å²) in [6.07, 6.45) is 0. The minimum absolute atomic E-state index is 0.0401. The van der Waals surface area contributed by atoms with Crippen molar-refractivity contribution >= 4 is 66.2 Å². The highest BCUT2D eigenvalue weighted by Gasteiger charge is 2.54. The van der Waals surface area contributed by atoms with Crippen molar-refractivity contribution in [2.45, 2.75) is 43.0 Å². The van der Waals surface area contributed by atoms with Gasteiger partial charge in [-0.1, -0.05) is 11.2 Å². The average molecular weight is 773 g/mol. The van der Waals surface area contributed by atoms with Gasteiger partial charge in [0.25, 0.3) is 23.3 Å². The van der Waals surface area contributed by atoms with E-state index in [9.17, 15) is 60.8 Å². The minimum Gasteiger partial charge on any atom is -0.508 e. The summed E-state index contributed by atoms with van der Waals surface area (Å²) in [5.41, 5.74) is 1.36. The first kappa shape index (κ1) is 38.2. The predicted molar refractivity (Wildman–Crippen MR) is 172 cm³/mol. The second-order valence-electron chi connectivity index (χ2n) is 11.0. The van der Waals surface area contributed by atoms with Crippen molar-refractivity contribution in [3.8, 4) is 5.75 Å². The Balaban J connectivity index is 1.52. The lowest BCUT2D eigenvalue weighted by Gasteiger charge is -2.44. The molecule has 51 heavy (non-hydrogen) atoms. The number of carboxylic acids is 1. The minimum atomic E-state index is -5.29. The van der Waals surface area contributed by atoms with E-state index >= 15 is 0 Å². The monoisotopic (exact) mass is 772 g/mol. The lowest BCUT2D eigenvalue weighted by atomic mass is 9.98. The third-order valence-electron chi connectivity index (χ3n) is 6.95. The van der Waals surface area contributed by atoms with Gasteiger partial charge in [-0.3, -0.25) is 23.7 Å². The number of anilines is 1. The zero-order chi connectivity index (χ0) is 38.1. The van der Waals surface area contributed by atoms with E-state index in [2.05, 4.69) is 20.8 Å². The summed E-state index contributed by atoms with van der Waals surface area (Å²) >= 11 is 0.861. The number of benzene rings is 1. The highest BCUT2D eigenvalue weighted by atomic mass is 32.2. The summed E-state index contributed by atoms with van der Waals surface area (Å²) < 4.78 is 62.2. The highest BCUT2D eigenvalue weighted by Crippen LogP contribution is 2.25. The first-order valence-electron chi connectivity index (χ1n) is 14.0. The number of aromatic hydroxyl groups is 1. The van der Waals surface area contributed by atoms with E-state index in [-0.39, 0.29) is 31.1 Å². The fraction of sp³-hybridized carbons (Fsp3) is 0.269. The SMILES string of the molecule is CC(C)(O/N=C(\C(=O)N[C@@H]1C(=O)N(S(=O)(=O)O)[C@@H]1CNS(=O)(=O)c1cccc(C(=O)NCc2cc(O)cc(=O)n2O)c1)c1csc(N)n1)C(=O)O. The normalized spacial score (nSPS) is 16.6. The summed E-state index contributed by atoms with van der Waals surface area (Å²) in [5.74, 6) is -5.44. The van der Waals surface area contributed by atoms with Crippen LogP contribution in [0.3, 0.4) is 0 Å². The van der Waals surface area contributed by atoms with Gasteiger partial charge in [-0.15, -0.1) is 11.3 Å². The molecule has 0 unspecified atom stereocenters. The van der Waals surface area contributed by atoms with E-state index < -0.39 is 96.7 Å². The molecule has 274 valence electrons. The highest BCUT2D eigenvalue weighted by molar-refractivity contribution is 7.89. The van der Waals surface area contributed by atoms with E-state index in [4.69, 9.17) is 10.6 Å². The van der Waals surface area contributed by atoms with Gasteiger partial charge in [0, 0.05) is 29.6 Å². The number of amides is 3. The van der Waals surface area contributed by atoms with Crippen molar-refractivity contribution in [3.05, 3.63) is 69.1 Å². The molecule has 1 fully saturated rings. The predicted octanol–water partition coefficient (Wildman–Crippen LogP) is -2.18. The molecule has 2 atom stereocenters. The van der Waals surface area contributed by atoms with Crippen LogP contribution < -0.4 is 26.6 Å². The Hall–Kier alpha value is -5.63. The number of aromatic nitrogens is 2. The Morgan fingerprint density at radius 2 is 1.82 bits per heavy atom. The van der Waals surface area contributed by atoms with Crippen LogP contribution >= 0.6 is 11.3 Å². The molecule has 25 heteroatoms. The summed E-state index contributed by atoms with van der Waals surface area (Å²) in [6.45, 7) is 0.841. The molecule has 3 heterocycles. The summed E-state index contributed by atoms with van der Waals surface area (Å²) in [5, 5.41) is 37.9. The number of pyridine rings is 1. The van der Waals surface area contributed by atoms with E-state index in [1.165, 1.54) is 17.5 Å². The number of thiazole rings is 1. The quantitative estimate of drug-likeness (QED) is 0.0284. The standard InChI is InChI=1S/C26H28N8O14S3/c1-26(2,24(40)41)48-32-19(16-11-49-25(27)30-16)22(38)31-20-17(34(23(20)39)51(45,46)47)10-29-50(43,44)15-5-3-4-12(6-15)21(37)28-9-13-7-14(35)8-18(36)33(13)42/h3-8,11,17,20,29,35,42H,9-10H2,1-2H3,(H2,27,30)(H,28,37)(H,31,38)(H,40,41)(H,45,46,47)/b32-19-/t17-,20+/m1/s1. The Labute approximate surface area is 291 Å². The average Bonchev–Trinajstić information content (AvgIpc) is 3.47. The molecule has 1 saturated heterocycles. The van der Waals surface area contributed by atoms with Crippen molar-refractivity contribution in [2.75, 3.05) is 12.3 Å². The van der Waals surface area contributed by atoms with Gasteiger partial charge in [0.1, 0.15) is 17.5 Å². The van der Waals surface area contributed by atoms with Crippen molar-refractivity contribution in [1.29, 1.82) is 0 Å². The van der Waals surface area contributed by atoms with Crippen LogP contribution in [-0.4, -0.2) is 104 Å². The number of carbonyl (C=O) groups excluding carboxylic acids is 3. The molecule has 0 aliphatic carbocycles. The van der Waals surface area contributed by atoms with Gasteiger partial charge in [0.15, 0.2) is 10.8 Å². The molecule has 0 spiro atoms. The zero-order valence-electron chi connectivity index (χ0n) is 26.1.